The Labute approximate surface area is 159 Å². The van der Waals surface area contributed by atoms with Gasteiger partial charge in [-0.3, -0.25) is 4.79 Å². The maximum atomic E-state index is 12.7. The molecule has 3 N–H and O–H groups in total. The van der Waals surface area contributed by atoms with E-state index in [1.165, 1.54) is 32.1 Å². The summed E-state index contributed by atoms with van der Waals surface area (Å²) in [5, 5.41) is 7.57. The van der Waals surface area contributed by atoms with Gasteiger partial charge in [0.05, 0.1) is 0 Å². The predicted octanol–water partition coefficient (Wildman–Crippen LogP) is 4.33. The molecule has 0 aliphatic heterocycles. The van der Waals surface area contributed by atoms with E-state index >= 15 is 0 Å². The fourth-order valence-corrected chi connectivity index (χ4v) is 4.15. The van der Waals surface area contributed by atoms with Crippen molar-refractivity contribution in [3.05, 3.63) is 48.4 Å². The highest BCUT2D eigenvalue weighted by Gasteiger charge is 2.26. The van der Waals surface area contributed by atoms with Gasteiger partial charge in [0.25, 0.3) is 5.91 Å². The quantitative estimate of drug-likeness (QED) is 0.609. The van der Waals surface area contributed by atoms with Crippen molar-refractivity contribution < 1.29 is 9.21 Å². The van der Waals surface area contributed by atoms with Gasteiger partial charge in [-0.1, -0.05) is 31.4 Å². The number of furan rings is 1. The van der Waals surface area contributed by atoms with Crippen molar-refractivity contribution >= 4 is 16.8 Å². The number of rotatable bonds is 6. The first-order chi connectivity index (χ1) is 13.2. The molecule has 1 aliphatic rings. The lowest BCUT2D eigenvalue weighted by Gasteiger charge is -2.30. The standard InChI is InChI=1S/C22H27N3O2/c1-23-14-19(15-5-3-2-4-6-15)25-22(26)21-10-9-20(27-21)17-8-7-16-11-12-24-18(16)13-17/h7-13,15,19,23-24H,2-6,14H2,1H3,(H,25,26). The van der Waals surface area contributed by atoms with Gasteiger partial charge in [0.2, 0.25) is 0 Å². The number of likely N-dealkylation sites (N-methyl/N-ethyl adjacent to an activating group) is 1. The smallest absolute Gasteiger partial charge is 0.287 e. The lowest BCUT2D eigenvalue weighted by Crippen LogP contribution is -2.46. The molecule has 1 amide bonds. The summed E-state index contributed by atoms with van der Waals surface area (Å²) in [5.41, 5.74) is 2.02. The molecule has 3 aromatic rings. The van der Waals surface area contributed by atoms with Crippen molar-refractivity contribution in [1.29, 1.82) is 0 Å². The number of aromatic nitrogens is 1. The van der Waals surface area contributed by atoms with Crippen LogP contribution in [-0.2, 0) is 0 Å². The number of benzene rings is 1. The number of amides is 1. The van der Waals surface area contributed by atoms with Crippen molar-refractivity contribution in [1.82, 2.24) is 15.6 Å². The van der Waals surface area contributed by atoms with E-state index in [0.29, 0.717) is 17.4 Å². The minimum Gasteiger partial charge on any atom is -0.451 e. The van der Waals surface area contributed by atoms with Crippen LogP contribution in [-0.4, -0.2) is 30.5 Å². The summed E-state index contributed by atoms with van der Waals surface area (Å²) in [4.78, 5) is 16.0. The third kappa shape index (κ3) is 3.93. The Bertz CT molecular complexity index is 905. The Morgan fingerprint density at radius 3 is 2.85 bits per heavy atom. The first-order valence-corrected chi connectivity index (χ1v) is 9.87. The zero-order valence-electron chi connectivity index (χ0n) is 15.8. The van der Waals surface area contributed by atoms with Gasteiger partial charge in [0, 0.05) is 29.9 Å². The second-order valence-electron chi connectivity index (χ2n) is 7.48. The number of hydrogen-bond acceptors (Lipinski definition) is 3. The highest BCUT2D eigenvalue weighted by molar-refractivity contribution is 5.92. The monoisotopic (exact) mass is 365 g/mol. The van der Waals surface area contributed by atoms with Crippen molar-refractivity contribution in [2.45, 2.75) is 38.1 Å². The van der Waals surface area contributed by atoms with Crippen LogP contribution < -0.4 is 10.6 Å². The third-order valence-electron chi connectivity index (χ3n) is 5.63. The van der Waals surface area contributed by atoms with Crippen molar-refractivity contribution in [3.8, 4) is 11.3 Å². The van der Waals surface area contributed by atoms with E-state index in [4.69, 9.17) is 4.42 Å². The van der Waals surface area contributed by atoms with Crippen LogP contribution in [0.4, 0.5) is 0 Å². The number of fused-ring (bicyclic) bond motifs is 1. The molecule has 0 spiro atoms. The molecule has 2 aromatic heterocycles. The Balaban J connectivity index is 1.48. The second kappa shape index (κ2) is 8.01. The fraction of sp³-hybridized carbons (Fsp3) is 0.409. The van der Waals surface area contributed by atoms with Gasteiger partial charge in [-0.05, 0) is 55.5 Å². The van der Waals surface area contributed by atoms with Crippen molar-refractivity contribution in [3.63, 3.8) is 0 Å². The van der Waals surface area contributed by atoms with E-state index in [1.807, 2.05) is 37.5 Å². The second-order valence-corrected chi connectivity index (χ2v) is 7.48. The summed E-state index contributed by atoms with van der Waals surface area (Å²) in [6, 6.07) is 11.9. The van der Waals surface area contributed by atoms with E-state index in [2.05, 4.69) is 21.7 Å². The van der Waals surface area contributed by atoms with Gasteiger partial charge in [0.15, 0.2) is 5.76 Å². The average Bonchev–Trinajstić information content (AvgIpc) is 3.37. The van der Waals surface area contributed by atoms with Crippen molar-refractivity contribution in [2.75, 3.05) is 13.6 Å². The average molecular weight is 365 g/mol. The maximum absolute atomic E-state index is 12.7. The first-order valence-electron chi connectivity index (χ1n) is 9.87. The summed E-state index contributed by atoms with van der Waals surface area (Å²) in [7, 11) is 1.93. The molecule has 2 heterocycles. The lowest BCUT2D eigenvalue weighted by molar-refractivity contribution is 0.0885. The summed E-state index contributed by atoms with van der Waals surface area (Å²) in [6.07, 6.45) is 8.12. The van der Waals surface area contributed by atoms with Crippen LogP contribution >= 0.6 is 0 Å². The van der Waals surface area contributed by atoms with Gasteiger partial charge in [-0.15, -0.1) is 0 Å². The van der Waals surface area contributed by atoms with Crippen LogP contribution in [0.5, 0.6) is 0 Å². The Morgan fingerprint density at radius 2 is 2.04 bits per heavy atom. The number of hydrogen-bond donors (Lipinski definition) is 3. The normalized spacial score (nSPS) is 16.5. The van der Waals surface area contributed by atoms with Crippen LogP contribution in [0.15, 0.2) is 47.0 Å². The van der Waals surface area contributed by atoms with Gasteiger partial charge in [-0.2, -0.15) is 0 Å². The summed E-state index contributed by atoms with van der Waals surface area (Å²) in [6.45, 7) is 0.785. The summed E-state index contributed by atoms with van der Waals surface area (Å²) < 4.78 is 5.88. The molecule has 1 fully saturated rings. The maximum Gasteiger partial charge on any atom is 0.287 e. The van der Waals surface area contributed by atoms with Gasteiger partial charge < -0.3 is 20.0 Å². The lowest BCUT2D eigenvalue weighted by atomic mass is 9.83. The van der Waals surface area contributed by atoms with E-state index < -0.39 is 0 Å². The predicted molar refractivity (Wildman–Crippen MR) is 108 cm³/mol. The van der Waals surface area contributed by atoms with Crippen LogP contribution in [0.25, 0.3) is 22.2 Å². The van der Waals surface area contributed by atoms with E-state index in [-0.39, 0.29) is 11.9 Å². The molecule has 5 heteroatoms. The highest BCUT2D eigenvalue weighted by Crippen LogP contribution is 2.28. The van der Waals surface area contributed by atoms with E-state index in [0.717, 1.165) is 23.0 Å². The minimum atomic E-state index is -0.131. The molecule has 27 heavy (non-hydrogen) atoms. The molecule has 0 bridgehead atoms. The Kier molecular flexibility index (Phi) is 5.30. The molecular weight excluding hydrogens is 338 g/mol. The van der Waals surface area contributed by atoms with Gasteiger partial charge in [-0.25, -0.2) is 0 Å². The minimum absolute atomic E-state index is 0.131. The molecule has 1 aromatic carbocycles. The number of carbonyl (C=O) groups is 1. The fourth-order valence-electron chi connectivity index (χ4n) is 4.15. The largest absolute Gasteiger partial charge is 0.451 e. The van der Waals surface area contributed by atoms with Crippen LogP contribution in [0.3, 0.4) is 0 Å². The van der Waals surface area contributed by atoms with Crippen LogP contribution in [0, 0.1) is 5.92 Å². The van der Waals surface area contributed by atoms with E-state index in [1.54, 1.807) is 6.07 Å². The SMILES string of the molecule is CNCC(NC(=O)c1ccc(-c2ccc3cc[nH]c3c2)o1)C1CCCCC1. The topological polar surface area (TPSA) is 70.1 Å². The molecule has 1 unspecified atom stereocenters. The van der Waals surface area contributed by atoms with Crippen LogP contribution in [0.2, 0.25) is 0 Å². The first kappa shape index (κ1) is 17.9. The number of nitrogens with one attached hydrogen (secondary N) is 3. The van der Waals surface area contributed by atoms with Crippen molar-refractivity contribution in [2.24, 2.45) is 5.92 Å². The summed E-state index contributed by atoms with van der Waals surface area (Å²) >= 11 is 0. The molecule has 4 rings (SSSR count). The Morgan fingerprint density at radius 1 is 1.19 bits per heavy atom. The van der Waals surface area contributed by atoms with Crippen LogP contribution in [0.1, 0.15) is 42.7 Å². The van der Waals surface area contributed by atoms with Gasteiger partial charge in [0.1, 0.15) is 5.76 Å². The zero-order chi connectivity index (χ0) is 18.6. The van der Waals surface area contributed by atoms with E-state index in [9.17, 15) is 4.79 Å². The summed E-state index contributed by atoms with van der Waals surface area (Å²) in [5.74, 6) is 1.49. The zero-order valence-corrected chi connectivity index (χ0v) is 15.8. The van der Waals surface area contributed by atoms with Gasteiger partial charge >= 0.3 is 0 Å². The molecule has 1 saturated carbocycles. The molecule has 1 aliphatic carbocycles. The number of H-pyrrole nitrogens is 1. The molecule has 0 saturated heterocycles. The number of carbonyl (C=O) groups excluding carboxylic acids is 1. The molecule has 0 radical (unpaired) electrons. The number of aromatic amines is 1. The molecule has 5 nitrogen and oxygen atoms in total. The third-order valence-corrected chi connectivity index (χ3v) is 5.63. The Hall–Kier alpha value is -2.53. The molecule has 142 valence electrons. The highest BCUT2D eigenvalue weighted by atomic mass is 16.3. The molecule has 1 atom stereocenters. The molecular formula is C22H27N3O2.